The van der Waals surface area contributed by atoms with Gasteiger partial charge < -0.3 is 0 Å². The fourth-order valence-electron chi connectivity index (χ4n) is 1.50. The van der Waals surface area contributed by atoms with E-state index in [0.29, 0.717) is 17.4 Å². The second-order valence-electron chi connectivity index (χ2n) is 3.21. The molecule has 3 nitrogen and oxygen atoms in total. The van der Waals surface area contributed by atoms with E-state index < -0.39 is 0 Å². The zero-order valence-electron chi connectivity index (χ0n) is 8.30. The van der Waals surface area contributed by atoms with Crippen LogP contribution in [0.3, 0.4) is 0 Å². The van der Waals surface area contributed by atoms with Gasteiger partial charge in [-0.3, -0.25) is 9.36 Å². The van der Waals surface area contributed by atoms with E-state index in [1.54, 1.807) is 6.07 Å². The molecule has 0 radical (unpaired) electrons. The van der Waals surface area contributed by atoms with Crippen molar-refractivity contribution in [1.82, 2.24) is 9.55 Å². The lowest BCUT2D eigenvalue weighted by atomic mass is 10.2. The van der Waals surface area contributed by atoms with Gasteiger partial charge >= 0.3 is 0 Å². The van der Waals surface area contributed by atoms with E-state index in [9.17, 15) is 4.79 Å². The molecular formula is C10H7Br2ClN2O. The van der Waals surface area contributed by atoms with Crippen molar-refractivity contribution in [3.8, 4) is 0 Å². The quantitative estimate of drug-likeness (QED) is 0.723. The molecule has 6 heteroatoms. The molecule has 0 atom stereocenters. The first-order chi connectivity index (χ1) is 7.54. The fraction of sp³-hybridized carbons (Fsp3) is 0.200. The summed E-state index contributed by atoms with van der Waals surface area (Å²) in [6.07, 6.45) is 0. The van der Waals surface area contributed by atoms with Crippen LogP contribution in [-0.4, -0.2) is 9.55 Å². The Labute approximate surface area is 114 Å². The summed E-state index contributed by atoms with van der Waals surface area (Å²) in [6, 6.07) is 3.58. The molecule has 2 rings (SSSR count). The predicted octanol–water partition coefficient (Wildman–Crippen LogP) is 3.59. The van der Waals surface area contributed by atoms with Crippen molar-refractivity contribution in [1.29, 1.82) is 0 Å². The summed E-state index contributed by atoms with van der Waals surface area (Å²) in [5.41, 5.74) is 0.461. The van der Waals surface area contributed by atoms with Gasteiger partial charge in [0, 0.05) is 15.5 Å². The second-order valence-corrected chi connectivity index (χ2v) is 5.32. The molecular weight excluding hydrogens is 359 g/mol. The Morgan fingerprint density at radius 2 is 2.12 bits per heavy atom. The van der Waals surface area contributed by atoms with Crippen LogP contribution in [0.1, 0.15) is 6.92 Å². The first kappa shape index (κ1) is 12.1. The van der Waals surface area contributed by atoms with Gasteiger partial charge in [-0.1, -0.05) is 15.9 Å². The van der Waals surface area contributed by atoms with E-state index in [1.165, 1.54) is 4.57 Å². The van der Waals surface area contributed by atoms with Crippen LogP contribution in [0.25, 0.3) is 10.9 Å². The predicted molar refractivity (Wildman–Crippen MR) is 72.1 cm³/mol. The molecule has 0 aliphatic rings. The molecule has 84 valence electrons. The van der Waals surface area contributed by atoms with Gasteiger partial charge in [0.2, 0.25) is 5.28 Å². The maximum atomic E-state index is 12.1. The normalized spacial score (nSPS) is 11.0. The zero-order valence-corrected chi connectivity index (χ0v) is 12.2. The summed E-state index contributed by atoms with van der Waals surface area (Å²) in [7, 11) is 0. The summed E-state index contributed by atoms with van der Waals surface area (Å²) >= 11 is 12.6. The number of hydrogen-bond donors (Lipinski definition) is 0. The zero-order chi connectivity index (χ0) is 11.9. The fourth-order valence-corrected chi connectivity index (χ4v) is 3.09. The van der Waals surface area contributed by atoms with Crippen LogP contribution in [0.5, 0.6) is 0 Å². The third-order valence-electron chi connectivity index (χ3n) is 2.25. The Kier molecular flexibility index (Phi) is 3.37. The van der Waals surface area contributed by atoms with E-state index in [0.717, 1.165) is 8.95 Å². The summed E-state index contributed by atoms with van der Waals surface area (Å²) in [6.45, 7) is 2.36. The van der Waals surface area contributed by atoms with Gasteiger partial charge in [-0.2, -0.15) is 0 Å². The maximum absolute atomic E-state index is 12.1. The Hall–Kier alpha value is -0.390. The Balaban J connectivity index is 2.99. The first-order valence-corrected chi connectivity index (χ1v) is 6.56. The molecule has 0 spiro atoms. The molecule has 0 saturated carbocycles. The molecule has 0 saturated heterocycles. The first-order valence-electron chi connectivity index (χ1n) is 4.59. The summed E-state index contributed by atoms with van der Waals surface area (Å²) < 4.78 is 3.01. The molecule has 0 aliphatic carbocycles. The molecule has 1 heterocycles. The molecule has 0 amide bonds. The van der Waals surface area contributed by atoms with Crippen molar-refractivity contribution >= 4 is 54.4 Å². The molecule has 0 fully saturated rings. The van der Waals surface area contributed by atoms with Crippen LogP contribution in [0, 0.1) is 0 Å². The average Bonchev–Trinajstić information content (AvgIpc) is 2.21. The number of fused-ring (bicyclic) bond motifs is 1. The van der Waals surface area contributed by atoms with Gasteiger partial charge in [0.15, 0.2) is 0 Å². The number of aromatic nitrogens is 2. The largest absolute Gasteiger partial charge is 0.283 e. The van der Waals surface area contributed by atoms with Crippen molar-refractivity contribution in [2.45, 2.75) is 13.5 Å². The Bertz CT molecular complexity index is 624. The van der Waals surface area contributed by atoms with Crippen LogP contribution < -0.4 is 5.56 Å². The highest BCUT2D eigenvalue weighted by Crippen LogP contribution is 2.26. The third-order valence-corrected chi connectivity index (χ3v) is 3.60. The smallest absolute Gasteiger partial charge is 0.262 e. The molecule has 2 aromatic rings. The van der Waals surface area contributed by atoms with Gasteiger partial charge in [0.25, 0.3) is 5.56 Å². The van der Waals surface area contributed by atoms with Gasteiger partial charge in [0.05, 0.1) is 10.9 Å². The number of rotatable bonds is 1. The minimum Gasteiger partial charge on any atom is -0.283 e. The van der Waals surface area contributed by atoms with Crippen LogP contribution in [0.4, 0.5) is 0 Å². The molecule has 0 unspecified atom stereocenters. The SMILES string of the molecule is CCn1c(Cl)nc2c(Br)cc(Br)cc2c1=O. The average molecular weight is 366 g/mol. The second kappa shape index (κ2) is 4.47. The summed E-state index contributed by atoms with van der Waals surface area (Å²) in [5, 5.41) is 0.760. The van der Waals surface area contributed by atoms with Crippen molar-refractivity contribution < 1.29 is 0 Å². The topological polar surface area (TPSA) is 34.9 Å². The van der Waals surface area contributed by atoms with Crippen molar-refractivity contribution in [2.24, 2.45) is 0 Å². The third kappa shape index (κ3) is 1.92. The maximum Gasteiger partial charge on any atom is 0.262 e. The minimum atomic E-state index is -0.125. The van der Waals surface area contributed by atoms with Crippen molar-refractivity contribution in [3.05, 3.63) is 36.7 Å². The summed E-state index contributed by atoms with van der Waals surface area (Å²) in [4.78, 5) is 16.3. The Morgan fingerprint density at radius 3 is 2.75 bits per heavy atom. The van der Waals surface area contributed by atoms with Gasteiger partial charge in [-0.25, -0.2) is 4.98 Å². The lowest BCUT2D eigenvalue weighted by Crippen LogP contribution is -2.21. The van der Waals surface area contributed by atoms with E-state index in [-0.39, 0.29) is 10.8 Å². The lowest BCUT2D eigenvalue weighted by molar-refractivity contribution is 0.718. The van der Waals surface area contributed by atoms with Crippen LogP contribution >= 0.6 is 43.5 Å². The van der Waals surface area contributed by atoms with Gasteiger partial charge in [0.1, 0.15) is 0 Å². The summed E-state index contributed by atoms with van der Waals surface area (Å²) in [5.74, 6) is 0. The number of hydrogen-bond acceptors (Lipinski definition) is 2. The number of halogens is 3. The number of nitrogens with zero attached hydrogens (tertiary/aromatic N) is 2. The van der Waals surface area contributed by atoms with Gasteiger partial charge in [-0.05, 0) is 46.6 Å². The van der Waals surface area contributed by atoms with Crippen molar-refractivity contribution in [2.75, 3.05) is 0 Å². The Morgan fingerprint density at radius 1 is 1.44 bits per heavy atom. The monoisotopic (exact) mass is 364 g/mol. The molecule has 0 N–H and O–H groups in total. The highest BCUT2D eigenvalue weighted by Gasteiger charge is 2.11. The molecule has 0 aliphatic heterocycles. The van der Waals surface area contributed by atoms with E-state index in [4.69, 9.17) is 11.6 Å². The standard InChI is InChI=1S/C10H7Br2ClN2O/c1-2-15-9(16)6-3-5(11)4-7(12)8(6)14-10(15)13/h3-4H,2H2,1H3. The number of benzene rings is 1. The molecule has 16 heavy (non-hydrogen) atoms. The van der Waals surface area contributed by atoms with Crippen molar-refractivity contribution in [3.63, 3.8) is 0 Å². The van der Waals surface area contributed by atoms with Crippen LogP contribution in [0.2, 0.25) is 5.28 Å². The lowest BCUT2D eigenvalue weighted by Gasteiger charge is -2.07. The van der Waals surface area contributed by atoms with Crippen LogP contribution in [0.15, 0.2) is 25.9 Å². The van der Waals surface area contributed by atoms with E-state index in [1.807, 2.05) is 13.0 Å². The van der Waals surface area contributed by atoms with Crippen LogP contribution in [-0.2, 0) is 6.54 Å². The highest BCUT2D eigenvalue weighted by atomic mass is 79.9. The van der Waals surface area contributed by atoms with E-state index in [2.05, 4.69) is 36.8 Å². The molecule has 0 bridgehead atoms. The molecule has 1 aromatic heterocycles. The molecule has 1 aromatic carbocycles. The van der Waals surface area contributed by atoms with E-state index >= 15 is 0 Å². The highest BCUT2D eigenvalue weighted by molar-refractivity contribution is 9.11. The minimum absolute atomic E-state index is 0.125. The van der Waals surface area contributed by atoms with Gasteiger partial charge in [-0.15, -0.1) is 0 Å².